The smallest absolute Gasteiger partial charge is 0.246 e. The molecule has 0 bridgehead atoms. The van der Waals surface area contributed by atoms with E-state index in [9.17, 15) is 4.79 Å². The molecular formula is C22H34N4O2. The number of carbonyl (C=O) groups excluding carboxylic acids is 1. The normalized spacial score (nSPS) is 10.9. The average molecular weight is 387 g/mol. The van der Waals surface area contributed by atoms with Crippen LogP contribution in [-0.4, -0.2) is 22.6 Å². The highest BCUT2D eigenvalue weighted by Crippen LogP contribution is 2.18. The minimum atomic E-state index is -0.118. The second kappa shape index (κ2) is 13.0. The van der Waals surface area contributed by atoms with Gasteiger partial charge in [-0.25, -0.2) is 0 Å². The molecule has 2 aromatic rings. The minimum Gasteiger partial charge on any atom is -0.347 e. The fourth-order valence-corrected chi connectivity index (χ4v) is 3.12. The molecule has 0 aliphatic heterocycles. The molecule has 0 atom stereocenters. The Balaban J connectivity index is 1.70. The van der Waals surface area contributed by atoms with E-state index < -0.39 is 0 Å². The molecule has 0 aliphatic carbocycles. The topological polar surface area (TPSA) is 94.0 Å². The van der Waals surface area contributed by atoms with Crippen LogP contribution in [0.15, 0.2) is 28.8 Å². The van der Waals surface area contributed by atoms with Crippen LogP contribution in [0.3, 0.4) is 0 Å². The Morgan fingerprint density at radius 2 is 1.71 bits per heavy atom. The standard InChI is InChI=1S/C22H34N4O2/c1-2-3-4-5-6-7-8-9-10-18-11-13-19(14-12-18)22-25-21(28-26-22)17-24-20(27)15-16-23/h11-14H,2-10,15-17,23H2,1H3,(H,24,27). The molecule has 1 aromatic heterocycles. The Kier molecular flexibility index (Phi) is 10.3. The van der Waals surface area contributed by atoms with Crippen molar-refractivity contribution in [2.75, 3.05) is 6.54 Å². The molecule has 3 N–H and O–H groups in total. The van der Waals surface area contributed by atoms with Crippen LogP contribution >= 0.6 is 0 Å². The van der Waals surface area contributed by atoms with Crippen LogP contribution < -0.4 is 11.1 Å². The van der Waals surface area contributed by atoms with Gasteiger partial charge < -0.3 is 15.6 Å². The number of amides is 1. The lowest BCUT2D eigenvalue weighted by Crippen LogP contribution is -2.25. The summed E-state index contributed by atoms with van der Waals surface area (Å²) in [5.41, 5.74) is 7.61. The molecule has 0 fully saturated rings. The molecule has 154 valence electrons. The lowest BCUT2D eigenvalue weighted by molar-refractivity contribution is -0.121. The zero-order chi connectivity index (χ0) is 20.0. The molecule has 1 amide bonds. The fraction of sp³-hybridized carbons (Fsp3) is 0.591. The summed E-state index contributed by atoms with van der Waals surface area (Å²) in [7, 11) is 0. The molecule has 0 unspecified atom stereocenters. The first-order valence-electron chi connectivity index (χ1n) is 10.6. The fourth-order valence-electron chi connectivity index (χ4n) is 3.12. The summed E-state index contributed by atoms with van der Waals surface area (Å²) in [5, 5.41) is 6.70. The van der Waals surface area contributed by atoms with Crippen molar-refractivity contribution in [2.24, 2.45) is 5.73 Å². The minimum absolute atomic E-state index is 0.118. The number of nitrogens with one attached hydrogen (secondary N) is 1. The van der Waals surface area contributed by atoms with Crippen molar-refractivity contribution in [3.05, 3.63) is 35.7 Å². The maximum absolute atomic E-state index is 11.4. The van der Waals surface area contributed by atoms with Gasteiger partial charge >= 0.3 is 0 Å². The number of unbranched alkanes of at least 4 members (excludes halogenated alkanes) is 7. The SMILES string of the molecule is CCCCCCCCCCc1ccc(-c2noc(CNC(=O)CCN)n2)cc1. The Bertz CT molecular complexity index is 682. The number of aromatic nitrogens is 2. The van der Waals surface area contributed by atoms with Gasteiger partial charge in [0, 0.05) is 18.5 Å². The number of hydrogen-bond acceptors (Lipinski definition) is 5. The number of nitrogens with two attached hydrogens (primary N) is 1. The molecule has 6 nitrogen and oxygen atoms in total. The zero-order valence-electron chi connectivity index (χ0n) is 17.1. The Labute approximate surface area is 168 Å². The molecule has 0 spiro atoms. The third-order valence-electron chi connectivity index (χ3n) is 4.81. The number of rotatable bonds is 14. The van der Waals surface area contributed by atoms with E-state index in [1.165, 1.54) is 56.9 Å². The summed E-state index contributed by atoms with van der Waals surface area (Å²) in [4.78, 5) is 15.8. The summed E-state index contributed by atoms with van der Waals surface area (Å²) in [6, 6.07) is 8.33. The molecular weight excluding hydrogens is 352 g/mol. The predicted molar refractivity (Wildman–Crippen MR) is 112 cm³/mol. The van der Waals surface area contributed by atoms with Crippen LogP contribution in [-0.2, 0) is 17.8 Å². The summed E-state index contributed by atoms with van der Waals surface area (Å²) in [6.07, 6.45) is 12.1. The summed E-state index contributed by atoms with van der Waals surface area (Å²) in [5.74, 6) is 0.817. The van der Waals surface area contributed by atoms with E-state index in [1.54, 1.807) is 0 Å². The number of benzene rings is 1. The van der Waals surface area contributed by atoms with Crippen molar-refractivity contribution in [3.8, 4) is 11.4 Å². The highest BCUT2D eigenvalue weighted by atomic mass is 16.5. The Morgan fingerprint density at radius 3 is 2.39 bits per heavy atom. The number of nitrogens with zero attached hydrogens (tertiary/aromatic N) is 2. The number of hydrogen-bond donors (Lipinski definition) is 2. The van der Waals surface area contributed by atoms with Gasteiger partial charge in [0.25, 0.3) is 0 Å². The quantitative estimate of drug-likeness (QED) is 0.470. The molecule has 1 aromatic carbocycles. The first kappa shape index (κ1) is 22.1. The van der Waals surface area contributed by atoms with Crippen LogP contribution in [0.1, 0.15) is 76.2 Å². The largest absolute Gasteiger partial charge is 0.347 e. The third kappa shape index (κ3) is 8.21. The van der Waals surface area contributed by atoms with E-state index in [4.69, 9.17) is 10.3 Å². The van der Waals surface area contributed by atoms with E-state index in [1.807, 2.05) is 12.1 Å². The summed E-state index contributed by atoms with van der Waals surface area (Å²) < 4.78 is 5.20. The van der Waals surface area contributed by atoms with Crippen molar-refractivity contribution in [3.63, 3.8) is 0 Å². The third-order valence-corrected chi connectivity index (χ3v) is 4.81. The summed E-state index contributed by atoms with van der Waals surface area (Å²) >= 11 is 0. The van der Waals surface area contributed by atoms with Crippen molar-refractivity contribution >= 4 is 5.91 Å². The maximum atomic E-state index is 11.4. The molecule has 0 saturated carbocycles. The second-order valence-electron chi connectivity index (χ2n) is 7.25. The lowest BCUT2D eigenvalue weighted by Gasteiger charge is -2.03. The molecule has 0 aliphatic rings. The Hall–Kier alpha value is -2.21. The monoisotopic (exact) mass is 386 g/mol. The summed E-state index contributed by atoms with van der Waals surface area (Å²) in [6.45, 7) is 2.81. The number of aryl methyl sites for hydroxylation is 1. The Morgan fingerprint density at radius 1 is 1.04 bits per heavy atom. The van der Waals surface area contributed by atoms with Crippen molar-refractivity contribution in [2.45, 2.75) is 77.7 Å². The van der Waals surface area contributed by atoms with Crippen molar-refractivity contribution < 1.29 is 9.32 Å². The van der Waals surface area contributed by atoms with Crippen LogP contribution in [0, 0.1) is 0 Å². The first-order valence-corrected chi connectivity index (χ1v) is 10.6. The van der Waals surface area contributed by atoms with E-state index in [-0.39, 0.29) is 12.5 Å². The van der Waals surface area contributed by atoms with Gasteiger partial charge in [-0.15, -0.1) is 0 Å². The van der Waals surface area contributed by atoms with Gasteiger partial charge in [0.05, 0.1) is 6.54 Å². The van der Waals surface area contributed by atoms with Crippen LogP contribution in [0.4, 0.5) is 0 Å². The van der Waals surface area contributed by atoms with Gasteiger partial charge in [-0.05, 0) is 18.4 Å². The average Bonchev–Trinajstić information content (AvgIpc) is 3.18. The van der Waals surface area contributed by atoms with Gasteiger partial charge in [0.15, 0.2) is 0 Å². The van der Waals surface area contributed by atoms with E-state index in [2.05, 4.69) is 34.5 Å². The number of carbonyl (C=O) groups is 1. The van der Waals surface area contributed by atoms with Gasteiger partial charge in [0.1, 0.15) is 0 Å². The maximum Gasteiger partial charge on any atom is 0.246 e. The van der Waals surface area contributed by atoms with E-state index in [0.717, 1.165) is 12.0 Å². The van der Waals surface area contributed by atoms with Gasteiger partial charge in [0.2, 0.25) is 17.6 Å². The highest BCUT2D eigenvalue weighted by molar-refractivity contribution is 5.75. The molecule has 6 heteroatoms. The van der Waals surface area contributed by atoms with E-state index in [0.29, 0.717) is 24.7 Å². The van der Waals surface area contributed by atoms with Crippen LogP contribution in [0.2, 0.25) is 0 Å². The van der Waals surface area contributed by atoms with Gasteiger partial charge in [-0.3, -0.25) is 4.79 Å². The second-order valence-corrected chi connectivity index (χ2v) is 7.25. The molecule has 1 heterocycles. The highest BCUT2D eigenvalue weighted by Gasteiger charge is 2.09. The molecule has 2 rings (SSSR count). The zero-order valence-corrected chi connectivity index (χ0v) is 17.1. The van der Waals surface area contributed by atoms with Gasteiger partial charge in [-0.1, -0.05) is 81.3 Å². The van der Waals surface area contributed by atoms with Crippen LogP contribution in [0.25, 0.3) is 11.4 Å². The van der Waals surface area contributed by atoms with Crippen molar-refractivity contribution in [1.82, 2.24) is 15.5 Å². The molecule has 0 saturated heterocycles. The molecule has 28 heavy (non-hydrogen) atoms. The van der Waals surface area contributed by atoms with Crippen molar-refractivity contribution in [1.29, 1.82) is 0 Å². The van der Waals surface area contributed by atoms with Gasteiger partial charge in [-0.2, -0.15) is 4.98 Å². The first-order chi connectivity index (χ1) is 13.7. The van der Waals surface area contributed by atoms with Crippen LogP contribution in [0.5, 0.6) is 0 Å². The predicted octanol–water partition coefficient (Wildman–Crippen LogP) is 4.38. The molecule has 0 radical (unpaired) electrons. The lowest BCUT2D eigenvalue weighted by atomic mass is 10.0. The van der Waals surface area contributed by atoms with E-state index >= 15 is 0 Å².